The third-order valence-corrected chi connectivity index (χ3v) is 3.94. The molecule has 0 aromatic heterocycles. The van der Waals surface area contributed by atoms with Gasteiger partial charge in [-0.2, -0.15) is 0 Å². The van der Waals surface area contributed by atoms with Crippen LogP contribution in [0.2, 0.25) is 0 Å². The van der Waals surface area contributed by atoms with Crippen LogP contribution < -0.4 is 0 Å². The lowest BCUT2D eigenvalue weighted by Crippen LogP contribution is -2.63. The van der Waals surface area contributed by atoms with Crippen molar-refractivity contribution in [1.82, 2.24) is 0 Å². The average Bonchev–Trinajstić information content (AvgIpc) is 2.49. The first kappa shape index (κ1) is 17.9. The van der Waals surface area contributed by atoms with Crippen molar-refractivity contribution in [3.8, 4) is 0 Å². The van der Waals surface area contributed by atoms with Gasteiger partial charge >= 0.3 is 0 Å². The minimum atomic E-state index is -1.67. The van der Waals surface area contributed by atoms with Crippen LogP contribution in [0.1, 0.15) is 6.92 Å². The monoisotopic (exact) mass is 326 g/mol. The Hall–Kier alpha value is -0.400. The van der Waals surface area contributed by atoms with E-state index in [0.29, 0.717) is 0 Å². The van der Waals surface area contributed by atoms with E-state index in [1.54, 1.807) is 0 Å². The second-order valence-corrected chi connectivity index (χ2v) is 5.51. The van der Waals surface area contributed by atoms with Crippen molar-refractivity contribution in [2.24, 2.45) is 0 Å². The summed E-state index contributed by atoms with van der Waals surface area (Å²) < 4.78 is 15.3. The van der Waals surface area contributed by atoms with Gasteiger partial charge in [-0.25, -0.2) is 0 Å². The van der Waals surface area contributed by atoms with Gasteiger partial charge in [0.15, 0.2) is 12.6 Å². The van der Waals surface area contributed by atoms with E-state index in [1.807, 2.05) is 0 Å². The third kappa shape index (κ3) is 3.26. The fourth-order valence-corrected chi connectivity index (χ4v) is 2.51. The van der Waals surface area contributed by atoms with Crippen molar-refractivity contribution in [2.45, 2.75) is 68.3 Å². The Morgan fingerprint density at radius 3 is 2.05 bits per heavy atom. The van der Waals surface area contributed by atoms with Gasteiger partial charge in [0.2, 0.25) is 0 Å². The maximum Gasteiger partial charge on any atom is 0.187 e. The summed E-state index contributed by atoms with van der Waals surface area (Å²) in [5.41, 5.74) is 0. The van der Waals surface area contributed by atoms with Gasteiger partial charge in [0.05, 0.1) is 12.7 Å². The predicted molar refractivity (Wildman–Crippen MR) is 67.2 cm³/mol. The molecule has 7 N–H and O–H groups in total. The zero-order chi connectivity index (χ0) is 16.6. The van der Waals surface area contributed by atoms with E-state index < -0.39 is 68.0 Å². The molecule has 1 unspecified atom stereocenters. The number of rotatable bonds is 3. The Morgan fingerprint density at radius 1 is 0.818 bits per heavy atom. The molecule has 10 nitrogen and oxygen atoms in total. The molecule has 0 radical (unpaired) electrons. The van der Waals surface area contributed by atoms with Gasteiger partial charge in [-0.1, -0.05) is 0 Å². The molecule has 0 aromatic rings. The van der Waals surface area contributed by atoms with E-state index in [9.17, 15) is 30.6 Å². The van der Waals surface area contributed by atoms with Gasteiger partial charge in [-0.05, 0) is 6.92 Å². The van der Waals surface area contributed by atoms with Crippen molar-refractivity contribution >= 4 is 0 Å². The molecule has 10 atom stereocenters. The molecule has 2 aliphatic heterocycles. The fraction of sp³-hybridized carbons (Fsp3) is 1.00. The quantitative estimate of drug-likeness (QED) is 0.269. The number of aliphatic hydroxyl groups excluding tert-OH is 7. The van der Waals surface area contributed by atoms with Crippen LogP contribution in [-0.4, -0.2) is 104 Å². The first-order valence-electron chi connectivity index (χ1n) is 6.93. The van der Waals surface area contributed by atoms with E-state index in [0.717, 1.165) is 0 Å². The highest BCUT2D eigenvalue weighted by Gasteiger charge is 2.49. The van der Waals surface area contributed by atoms with Crippen molar-refractivity contribution in [3.63, 3.8) is 0 Å². The Balaban J connectivity index is 2.10. The van der Waals surface area contributed by atoms with E-state index >= 15 is 0 Å². The number of ether oxygens (including phenoxy) is 3. The van der Waals surface area contributed by atoms with Crippen LogP contribution in [0.5, 0.6) is 0 Å². The van der Waals surface area contributed by atoms with Crippen LogP contribution in [0.15, 0.2) is 0 Å². The molecule has 2 aliphatic rings. The standard InChI is InChI=1S/C12H22O10/c1-3-5(14)10(9(18)11(19)20-3)22-12-8(17)7(16)6(15)4(2-13)21-12/h3-19H,2H2,1H3/t3-,4+,5-,6-,7-,8+,9+,10+,11?,12-/m0/s1. The molecule has 22 heavy (non-hydrogen) atoms. The first-order valence-corrected chi connectivity index (χ1v) is 6.93. The SMILES string of the molecule is C[C@@H]1OC(O)[C@H](O)[C@H](O[C@@H]2O[C@H](CO)[C@H](O)[C@H](O)[C@H]2O)[C@H]1O. The van der Waals surface area contributed by atoms with Crippen molar-refractivity contribution in [1.29, 1.82) is 0 Å². The highest BCUT2D eigenvalue weighted by Crippen LogP contribution is 2.28. The summed E-state index contributed by atoms with van der Waals surface area (Å²) in [4.78, 5) is 0. The Bertz CT molecular complexity index is 352. The van der Waals surface area contributed by atoms with Crippen LogP contribution in [0.4, 0.5) is 0 Å². The highest BCUT2D eigenvalue weighted by molar-refractivity contribution is 4.92. The molecular formula is C12H22O10. The first-order chi connectivity index (χ1) is 10.3. The predicted octanol–water partition coefficient (Wildman–Crippen LogP) is -4.37. The molecule has 0 aliphatic carbocycles. The maximum absolute atomic E-state index is 9.96. The van der Waals surface area contributed by atoms with Gasteiger partial charge < -0.3 is 50.0 Å². The normalized spacial score (nSPS) is 53.5. The second kappa shape index (κ2) is 7.01. The summed E-state index contributed by atoms with van der Waals surface area (Å²) >= 11 is 0. The van der Waals surface area contributed by atoms with Crippen LogP contribution in [0, 0.1) is 0 Å². The van der Waals surface area contributed by atoms with Crippen LogP contribution in [0.25, 0.3) is 0 Å². The molecule has 0 saturated carbocycles. The lowest BCUT2D eigenvalue weighted by atomic mass is 9.97. The number of hydrogen-bond donors (Lipinski definition) is 7. The fourth-order valence-electron chi connectivity index (χ4n) is 2.51. The summed E-state index contributed by atoms with van der Waals surface area (Å²) in [5.74, 6) is 0. The summed E-state index contributed by atoms with van der Waals surface area (Å²) in [6.07, 6.45) is -14.3. The number of aliphatic hydroxyl groups is 7. The Morgan fingerprint density at radius 2 is 1.45 bits per heavy atom. The highest BCUT2D eigenvalue weighted by atomic mass is 16.7. The van der Waals surface area contributed by atoms with Crippen molar-refractivity contribution in [2.75, 3.05) is 6.61 Å². The zero-order valence-corrected chi connectivity index (χ0v) is 11.8. The van der Waals surface area contributed by atoms with E-state index in [4.69, 9.17) is 19.3 Å². The molecule has 2 fully saturated rings. The zero-order valence-electron chi connectivity index (χ0n) is 11.8. The van der Waals surface area contributed by atoms with Gasteiger partial charge in [-0.15, -0.1) is 0 Å². The smallest absolute Gasteiger partial charge is 0.187 e. The summed E-state index contributed by atoms with van der Waals surface area (Å²) in [5, 5.41) is 67.6. The van der Waals surface area contributed by atoms with Gasteiger partial charge in [0, 0.05) is 0 Å². The lowest BCUT2D eigenvalue weighted by molar-refractivity contribution is -0.353. The molecule has 2 saturated heterocycles. The summed E-state index contributed by atoms with van der Waals surface area (Å²) in [6.45, 7) is 0.812. The molecule has 130 valence electrons. The summed E-state index contributed by atoms with van der Waals surface area (Å²) in [7, 11) is 0. The lowest BCUT2D eigenvalue weighted by Gasteiger charge is -2.44. The molecule has 2 rings (SSSR count). The molecule has 0 bridgehead atoms. The van der Waals surface area contributed by atoms with E-state index in [1.165, 1.54) is 6.92 Å². The van der Waals surface area contributed by atoms with Crippen molar-refractivity contribution < 1.29 is 50.0 Å². The maximum atomic E-state index is 9.96. The molecule has 2 heterocycles. The summed E-state index contributed by atoms with van der Waals surface area (Å²) in [6, 6.07) is 0. The largest absolute Gasteiger partial charge is 0.394 e. The Labute approximate surface area is 126 Å². The van der Waals surface area contributed by atoms with Gasteiger partial charge in [-0.3, -0.25) is 0 Å². The third-order valence-electron chi connectivity index (χ3n) is 3.94. The number of hydrogen-bond acceptors (Lipinski definition) is 10. The van der Waals surface area contributed by atoms with Gasteiger partial charge in [0.1, 0.15) is 42.7 Å². The van der Waals surface area contributed by atoms with E-state index in [-0.39, 0.29) is 0 Å². The minimum Gasteiger partial charge on any atom is -0.394 e. The van der Waals surface area contributed by atoms with Crippen LogP contribution in [0.3, 0.4) is 0 Å². The molecule has 0 aromatic carbocycles. The van der Waals surface area contributed by atoms with Gasteiger partial charge in [0.25, 0.3) is 0 Å². The topological polar surface area (TPSA) is 169 Å². The second-order valence-electron chi connectivity index (χ2n) is 5.51. The minimum absolute atomic E-state index is 0.636. The van der Waals surface area contributed by atoms with Crippen molar-refractivity contribution in [3.05, 3.63) is 0 Å². The molecule has 0 spiro atoms. The molecule has 0 amide bonds. The van der Waals surface area contributed by atoms with Crippen LogP contribution in [-0.2, 0) is 14.2 Å². The molecular weight excluding hydrogens is 304 g/mol. The van der Waals surface area contributed by atoms with E-state index in [2.05, 4.69) is 0 Å². The van der Waals surface area contributed by atoms with Crippen LogP contribution >= 0.6 is 0 Å². The Kier molecular flexibility index (Phi) is 5.72. The molecule has 10 heteroatoms. The average molecular weight is 326 g/mol.